The molecule has 2 aromatic rings. The third-order valence-corrected chi connectivity index (χ3v) is 3.00. The van der Waals surface area contributed by atoms with Crippen LogP contribution in [0.2, 0.25) is 0 Å². The molecule has 0 bridgehead atoms. The molecule has 2 heterocycles. The molecule has 0 spiro atoms. The molecule has 0 unspecified atom stereocenters. The monoisotopic (exact) mass is 197 g/mol. The quantitative estimate of drug-likeness (QED) is 0.730. The number of nitrogens with zero attached hydrogens (tertiary/aromatic N) is 1. The predicted molar refractivity (Wildman–Crippen MR) is 49.4 cm³/mol. The van der Waals surface area contributed by atoms with Crippen LogP contribution in [0, 0.1) is 0 Å². The highest BCUT2D eigenvalue weighted by Gasteiger charge is 2.18. The molecule has 13 heavy (non-hydrogen) atoms. The van der Waals surface area contributed by atoms with Crippen LogP contribution in [-0.2, 0) is 7.05 Å². The van der Waals surface area contributed by atoms with Crippen LogP contribution in [0.1, 0.15) is 9.67 Å². The van der Waals surface area contributed by atoms with Gasteiger partial charge >= 0.3 is 5.97 Å². The molecular weight excluding hydrogens is 190 g/mol. The Kier molecular flexibility index (Phi) is 1.56. The SMILES string of the molecule is Cn1ccc2sc(C(=O)O)c(O)c21. The molecule has 0 fully saturated rings. The number of aromatic nitrogens is 1. The minimum Gasteiger partial charge on any atom is -0.504 e. The molecule has 0 aromatic carbocycles. The third-order valence-electron chi connectivity index (χ3n) is 1.88. The zero-order valence-corrected chi connectivity index (χ0v) is 7.63. The van der Waals surface area contributed by atoms with E-state index in [2.05, 4.69) is 0 Å². The van der Waals surface area contributed by atoms with Gasteiger partial charge in [0.15, 0.2) is 10.6 Å². The van der Waals surface area contributed by atoms with Gasteiger partial charge in [-0.2, -0.15) is 0 Å². The van der Waals surface area contributed by atoms with Crippen molar-refractivity contribution in [3.8, 4) is 5.75 Å². The van der Waals surface area contributed by atoms with E-state index in [0.717, 1.165) is 16.0 Å². The third kappa shape index (κ3) is 1.01. The van der Waals surface area contributed by atoms with Crippen molar-refractivity contribution in [2.24, 2.45) is 7.05 Å². The van der Waals surface area contributed by atoms with E-state index in [-0.39, 0.29) is 10.6 Å². The molecule has 4 nitrogen and oxygen atoms in total. The van der Waals surface area contributed by atoms with Gasteiger partial charge in [-0.3, -0.25) is 0 Å². The van der Waals surface area contributed by atoms with Crippen LogP contribution in [0.15, 0.2) is 12.3 Å². The maximum absolute atomic E-state index is 10.6. The summed E-state index contributed by atoms with van der Waals surface area (Å²) in [5.74, 6) is -1.22. The van der Waals surface area contributed by atoms with Crippen LogP contribution in [0.25, 0.3) is 10.2 Å². The number of aromatic hydroxyl groups is 1. The van der Waals surface area contributed by atoms with Gasteiger partial charge in [-0.25, -0.2) is 4.79 Å². The zero-order chi connectivity index (χ0) is 9.59. The van der Waals surface area contributed by atoms with E-state index in [4.69, 9.17) is 5.11 Å². The summed E-state index contributed by atoms with van der Waals surface area (Å²) in [5, 5.41) is 18.3. The summed E-state index contributed by atoms with van der Waals surface area (Å²) in [6, 6.07) is 1.78. The van der Waals surface area contributed by atoms with Crippen LogP contribution >= 0.6 is 11.3 Å². The van der Waals surface area contributed by atoms with Crippen LogP contribution in [0.5, 0.6) is 5.75 Å². The van der Waals surface area contributed by atoms with Crippen molar-refractivity contribution in [2.75, 3.05) is 0 Å². The normalized spacial score (nSPS) is 10.8. The van der Waals surface area contributed by atoms with E-state index >= 15 is 0 Å². The summed E-state index contributed by atoms with van der Waals surface area (Å²) < 4.78 is 2.49. The van der Waals surface area contributed by atoms with Gasteiger partial charge in [0.25, 0.3) is 0 Å². The number of hydrogen-bond donors (Lipinski definition) is 2. The van der Waals surface area contributed by atoms with Gasteiger partial charge in [0, 0.05) is 13.2 Å². The van der Waals surface area contributed by atoms with Crippen molar-refractivity contribution in [3.05, 3.63) is 17.1 Å². The fourth-order valence-corrected chi connectivity index (χ4v) is 2.25. The largest absolute Gasteiger partial charge is 0.504 e. The number of fused-ring (bicyclic) bond motifs is 1. The van der Waals surface area contributed by atoms with Gasteiger partial charge in [0.2, 0.25) is 0 Å². The van der Waals surface area contributed by atoms with Gasteiger partial charge in [-0.05, 0) is 6.07 Å². The number of aryl methyl sites for hydroxylation is 1. The lowest BCUT2D eigenvalue weighted by atomic mass is 10.4. The van der Waals surface area contributed by atoms with Crippen LogP contribution in [-0.4, -0.2) is 20.7 Å². The molecule has 2 N–H and O–H groups in total. The highest BCUT2D eigenvalue weighted by molar-refractivity contribution is 7.21. The Labute approximate surface area is 77.7 Å². The van der Waals surface area contributed by atoms with E-state index in [0.29, 0.717) is 5.52 Å². The molecule has 0 saturated heterocycles. The number of carbonyl (C=O) groups is 1. The van der Waals surface area contributed by atoms with Crippen molar-refractivity contribution in [1.82, 2.24) is 4.57 Å². The first kappa shape index (κ1) is 8.12. The Morgan fingerprint density at radius 3 is 2.85 bits per heavy atom. The Hall–Kier alpha value is -1.49. The number of hydrogen-bond acceptors (Lipinski definition) is 3. The minimum absolute atomic E-state index is 0.00111. The number of thiophene rings is 1. The Morgan fingerprint density at radius 2 is 2.31 bits per heavy atom. The highest BCUT2D eigenvalue weighted by atomic mass is 32.1. The van der Waals surface area contributed by atoms with Gasteiger partial charge in [-0.1, -0.05) is 0 Å². The average Bonchev–Trinajstić information content (AvgIpc) is 2.55. The van der Waals surface area contributed by atoms with Crippen molar-refractivity contribution >= 4 is 27.5 Å². The maximum Gasteiger partial charge on any atom is 0.349 e. The molecule has 2 rings (SSSR count). The zero-order valence-electron chi connectivity index (χ0n) is 6.81. The second kappa shape index (κ2) is 2.50. The lowest BCUT2D eigenvalue weighted by Crippen LogP contribution is -1.92. The second-order valence-corrected chi connectivity index (χ2v) is 3.78. The molecule has 0 aliphatic rings. The maximum atomic E-state index is 10.6. The van der Waals surface area contributed by atoms with E-state index in [1.807, 2.05) is 0 Å². The molecule has 0 saturated carbocycles. The van der Waals surface area contributed by atoms with Crippen molar-refractivity contribution in [1.29, 1.82) is 0 Å². The molecule has 0 aliphatic carbocycles. The van der Waals surface area contributed by atoms with E-state index in [1.165, 1.54) is 0 Å². The van der Waals surface area contributed by atoms with Gasteiger partial charge in [0.05, 0.1) is 4.70 Å². The summed E-state index contributed by atoms with van der Waals surface area (Å²) in [5.41, 5.74) is 0.586. The van der Waals surface area contributed by atoms with Gasteiger partial charge < -0.3 is 14.8 Å². The standard InChI is InChI=1S/C8H7NO3S/c1-9-3-2-4-5(9)6(10)7(13-4)8(11)12/h2-3,10H,1H3,(H,11,12). The highest BCUT2D eigenvalue weighted by Crippen LogP contribution is 2.36. The van der Waals surface area contributed by atoms with Crippen LogP contribution in [0.3, 0.4) is 0 Å². The molecule has 0 aliphatic heterocycles. The molecule has 0 radical (unpaired) electrons. The predicted octanol–water partition coefficient (Wildman–Crippen LogP) is 1.64. The summed E-state index contributed by atoms with van der Waals surface area (Å²) in [6.07, 6.45) is 1.78. The molecule has 68 valence electrons. The number of aromatic carboxylic acids is 1. The van der Waals surface area contributed by atoms with Crippen LogP contribution in [0.4, 0.5) is 0 Å². The summed E-state index contributed by atoms with van der Waals surface area (Å²) >= 11 is 1.08. The lowest BCUT2D eigenvalue weighted by molar-refractivity contribution is 0.0699. The Balaban J connectivity index is 2.82. The first-order valence-corrected chi connectivity index (χ1v) is 4.43. The number of carboxylic acid groups (broad SMARTS) is 1. The second-order valence-electron chi connectivity index (χ2n) is 2.72. The van der Waals surface area contributed by atoms with E-state index < -0.39 is 5.97 Å². The summed E-state index contributed by atoms with van der Waals surface area (Å²) in [4.78, 5) is 10.6. The Bertz CT molecular complexity index is 483. The molecule has 5 heteroatoms. The first-order valence-electron chi connectivity index (χ1n) is 3.61. The molecular formula is C8H7NO3S. The molecule has 0 amide bonds. The van der Waals surface area contributed by atoms with Crippen molar-refractivity contribution in [2.45, 2.75) is 0 Å². The van der Waals surface area contributed by atoms with Gasteiger partial charge in [0.1, 0.15) is 5.52 Å². The first-order chi connectivity index (χ1) is 6.11. The smallest absolute Gasteiger partial charge is 0.349 e. The summed E-state index contributed by atoms with van der Waals surface area (Å²) in [6.45, 7) is 0. The van der Waals surface area contributed by atoms with E-state index in [9.17, 15) is 9.90 Å². The molecule has 0 atom stereocenters. The average molecular weight is 197 g/mol. The molecule has 2 aromatic heterocycles. The van der Waals surface area contributed by atoms with Gasteiger partial charge in [-0.15, -0.1) is 11.3 Å². The van der Waals surface area contributed by atoms with E-state index in [1.54, 1.807) is 23.9 Å². The van der Waals surface area contributed by atoms with Crippen molar-refractivity contribution < 1.29 is 15.0 Å². The summed E-state index contributed by atoms with van der Waals surface area (Å²) in [7, 11) is 1.76. The number of rotatable bonds is 1. The fraction of sp³-hybridized carbons (Fsp3) is 0.125. The Morgan fingerprint density at radius 1 is 1.62 bits per heavy atom. The van der Waals surface area contributed by atoms with Crippen LogP contribution < -0.4 is 0 Å². The topological polar surface area (TPSA) is 62.5 Å². The minimum atomic E-state index is -1.08. The number of carboxylic acids is 1. The lowest BCUT2D eigenvalue weighted by Gasteiger charge is -1.93. The fourth-order valence-electron chi connectivity index (χ4n) is 1.28. The van der Waals surface area contributed by atoms with Crippen molar-refractivity contribution in [3.63, 3.8) is 0 Å².